The Bertz CT molecular complexity index is 336. The standard InChI is InChI=1S/C13H22N2O4/c1-8(2)18-12(16)14-10-5-6-11(7-10)15(14)13(17)19-9(3)4/h8-11H,5-7H2,1-4H3. The number of ether oxygens (including phenoxy) is 2. The van der Waals surface area contributed by atoms with Crippen LogP contribution in [0.15, 0.2) is 0 Å². The number of hydrogen-bond donors (Lipinski definition) is 0. The second-order valence-electron chi connectivity index (χ2n) is 5.67. The van der Waals surface area contributed by atoms with Crippen molar-refractivity contribution in [1.29, 1.82) is 0 Å². The van der Waals surface area contributed by atoms with Gasteiger partial charge in [-0.15, -0.1) is 0 Å². The minimum absolute atomic E-state index is 0.0657. The second-order valence-corrected chi connectivity index (χ2v) is 5.67. The maximum absolute atomic E-state index is 12.1. The lowest BCUT2D eigenvalue weighted by molar-refractivity contribution is -0.0514. The third-order valence-corrected chi connectivity index (χ3v) is 3.35. The van der Waals surface area contributed by atoms with Crippen molar-refractivity contribution in [2.24, 2.45) is 0 Å². The fraction of sp³-hybridized carbons (Fsp3) is 0.846. The first-order chi connectivity index (χ1) is 8.90. The average molecular weight is 270 g/mol. The fourth-order valence-electron chi connectivity index (χ4n) is 2.72. The summed E-state index contributed by atoms with van der Waals surface area (Å²) in [6.45, 7) is 7.18. The molecule has 19 heavy (non-hydrogen) atoms. The molecule has 2 fully saturated rings. The first kappa shape index (κ1) is 14.0. The molecule has 2 aliphatic rings. The van der Waals surface area contributed by atoms with Gasteiger partial charge in [-0.3, -0.25) is 0 Å². The molecule has 2 amide bonds. The lowest BCUT2D eigenvalue weighted by atomic mass is 10.2. The van der Waals surface area contributed by atoms with Crippen molar-refractivity contribution in [1.82, 2.24) is 10.0 Å². The summed E-state index contributed by atoms with van der Waals surface area (Å²) in [5.74, 6) is 0. The number of carbonyl (C=O) groups excluding carboxylic acids is 2. The Balaban J connectivity index is 2.10. The van der Waals surface area contributed by atoms with E-state index in [9.17, 15) is 9.59 Å². The van der Waals surface area contributed by atoms with Crippen LogP contribution in [0, 0.1) is 0 Å². The molecule has 1 aliphatic heterocycles. The Morgan fingerprint density at radius 3 is 1.58 bits per heavy atom. The molecule has 108 valence electrons. The maximum Gasteiger partial charge on any atom is 0.429 e. The zero-order valence-corrected chi connectivity index (χ0v) is 12.0. The molecule has 2 rings (SSSR count). The van der Waals surface area contributed by atoms with Gasteiger partial charge in [0, 0.05) is 0 Å². The van der Waals surface area contributed by atoms with Crippen LogP contribution >= 0.6 is 0 Å². The summed E-state index contributed by atoms with van der Waals surface area (Å²) in [5.41, 5.74) is 0. The molecule has 2 unspecified atom stereocenters. The molecular weight excluding hydrogens is 248 g/mol. The van der Waals surface area contributed by atoms with Crippen molar-refractivity contribution in [3.05, 3.63) is 0 Å². The van der Waals surface area contributed by atoms with Gasteiger partial charge in [0.05, 0.1) is 24.3 Å². The van der Waals surface area contributed by atoms with Crippen molar-refractivity contribution < 1.29 is 19.1 Å². The van der Waals surface area contributed by atoms with Crippen LogP contribution < -0.4 is 0 Å². The first-order valence-electron chi connectivity index (χ1n) is 6.89. The van der Waals surface area contributed by atoms with Crippen LogP contribution in [-0.4, -0.2) is 46.5 Å². The monoisotopic (exact) mass is 270 g/mol. The van der Waals surface area contributed by atoms with E-state index in [1.807, 2.05) is 0 Å². The fourth-order valence-corrected chi connectivity index (χ4v) is 2.72. The smallest absolute Gasteiger partial charge is 0.429 e. The summed E-state index contributed by atoms with van der Waals surface area (Å²) in [4.78, 5) is 24.2. The molecule has 0 aromatic heterocycles. The van der Waals surface area contributed by atoms with E-state index in [2.05, 4.69) is 0 Å². The van der Waals surface area contributed by atoms with Crippen LogP contribution in [0.1, 0.15) is 47.0 Å². The SMILES string of the molecule is CC(C)OC(=O)N1C2CCC(C2)N1C(=O)OC(C)C. The highest BCUT2D eigenvalue weighted by Crippen LogP contribution is 2.38. The van der Waals surface area contributed by atoms with Gasteiger partial charge in [0.25, 0.3) is 0 Å². The second kappa shape index (κ2) is 5.27. The van der Waals surface area contributed by atoms with Crippen molar-refractivity contribution in [2.75, 3.05) is 0 Å². The molecule has 1 saturated carbocycles. The van der Waals surface area contributed by atoms with E-state index in [-0.39, 0.29) is 24.3 Å². The zero-order valence-electron chi connectivity index (χ0n) is 12.0. The molecular formula is C13H22N2O4. The van der Waals surface area contributed by atoms with Crippen LogP contribution in [-0.2, 0) is 9.47 Å². The number of carbonyl (C=O) groups is 2. The van der Waals surface area contributed by atoms with Gasteiger partial charge in [0.2, 0.25) is 0 Å². The minimum atomic E-state index is -0.456. The number of fused-ring (bicyclic) bond motifs is 2. The van der Waals surface area contributed by atoms with Gasteiger partial charge in [0.15, 0.2) is 0 Å². The third-order valence-electron chi connectivity index (χ3n) is 3.35. The molecule has 6 heteroatoms. The van der Waals surface area contributed by atoms with Crippen LogP contribution in [0.5, 0.6) is 0 Å². The highest BCUT2D eigenvalue weighted by Gasteiger charge is 2.51. The summed E-state index contributed by atoms with van der Waals surface area (Å²) < 4.78 is 10.4. The van der Waals surface area contributed by atoms with Gasteiger partial charge in [-0.25, -0.2) is 19.6 Å². The summed E-state index contributed by atoms with van der Waals surface area (Å²) >= 11 is 0. The normalized spacial score (nSPS) is 25.4. The lowest BCUT2D eigenvalue weighted by Crippen LogP contribution is -2.54. The molecule has 0 spiro atoms. The zero-order chi connectivity index (χ0) is 14.2. The number of hydrogen-bond acceptors (Lipinski definition) is 4. The number of rotatable bonds is 2. The summed E-state index contributed by atoms with van der Waals surface area (Å²) in [6, 6.07) is 0.131. The largest absolute Gasteiger partial charge is 0.445 e. The predicted octanol–water partition coefficient (Wildman–Crippen LogP) is 2.53. The predicted molar refractivity (Wildman–Crippen MR) is 68.3 cm³/mol. The Morgan fingerprint density at radius 1 is 0.895 bits per heavy atom. The molecule has 0 radical (unpaired) electrons. The summed E-state index contributed by atoms with van der Waals surface area (Å²) in [7, 11) is 0. The van der Waals surface area contributed by atoms with Gasteiger partial charge in [-0.2, -0.15) is 0 Å². The van der Waals surface area contributed by atoms with Crippen LogP contribution in [0.4, 0.5) is 9.59 Å². The van der Waals surface area contributed by atoms with Gasteiger partial charge < -0.3 is 9.47 Å². The van der Waals surface area contributed by atoms with Crippen LogP contribution in [0.25, 0.3) is 0 Å². The summed E-state index contributed by atoms with van der Waals surface area (Å²) in [6.07, 6.45) is 1.35. The van der Waals surface area contributed by atoms with E-state index in [0.717, 1.165) is 19.3 Å². The van der Waals surface area contributed by atoms with Crippen molar-refractivity contribution in [2.45, 2.75) is 71.2 Å². The molecule has 2 atom stereocenters. The molecule has 0 aromatic carbocycles. The van der Waals surface area contributed by atoms with Gasteiger partial charge in [0.1, 0.15) is 0 Å². The van der Waals surface area contributed by atoms with Crippen molar-refractivity contribution in [3.8, 4) is 0 Å². The quantitative estimate of drug-likeness (QED) is 0.773. The van der Waals surface area contributed by atoms with E-state index in [4.69, 9.17) is 9.47 Å². The van der Waals surface area contributed by atoms with Gasteiger partial charge in [-0.1, -0.05) is 0 Å². The molecule has 1 heterocycles. The number of hydrazine groups is 1. The topological polar surface area (TPSA) is 59.1 Å². The van der Waals surface area contributed by atoms with Gasteiger partial charge >= 0.3 is 12.2 Å². The minimum Gasteiger partial charge on any atom is -0.445 e. The van der Waals surface area contributed by atoms with E-state index >= 15 is 0 Å². The van der Waals surface area contributed by atoms with Crippen LogP contribution in [0.3, 0.4) is 0 Å². The molecule has 0 N–H and O–H groups in total. The molecule has 2 bridgehead atoms. The Morgan fingerprint density at radius 2 is 1.26 bits per heavy atom. The molecule has 1 saturated heterocycles. The number of amides is 2. The van der Waals surface area contributed by atoms with E-state index in [1.54, 1.807) is 27.7 Å². The Hall–Kier alpha value is -1.46. The number of nitrogens with zero attached hydrogens (tertiary/aromatic N) is 2. The Kier molecular flexibility index (Phi) is 3.87. The molecule has 1 aliphatic carbocycles. The highest BCUT2D eigenvalue weighted by molar-refractivity contribution is 5.76. The van der Waals surface area contributed by atoms with Crippen molar-refractivity contribution in [3.63, 3.8) is 0 Å². The lowest BCUT2D eigenvalue weighted by Gasteiger charge is -2.36. The van der Waals surface area contributed by atoms with E-state index in [0.29, 0.717) is 0 Å². The first-order valence-corrected chi connectivity index (χ1v) is 6.89. The molecule has 6 nitrogen and oxygen atoms in total. The van der Waals surface area contributed by atoms with Gasteiger partial charge in [-0.05, 0) is 47.0 Å². The highest BCUT2D eigenvalue weighted by atomic mass is 16.6. The van der Waals surface area contributed by atoms with E-state index < -0.39 is 12.2 Å². The van der Waals surface area contributed by atoms with E-state index in [1.165, 1.54) is 10.0 Å². The Labute approximate surface area is 113 Å². The van der Waals surface area contributed by atoms with Crippen LogP contribution in [0.2, 0.25) is 0 Å². The van der Waals surface area contributed by atoms with Crippen molar-refractivity contribution >= 4 is 12.2 Å². The summed E-state index contributed by atoms with van der Waals surface area (Å²) in [5, 5.41) is 2.89. The third kappa shape index (κ3) is 2.77. The molecule has 0 aromatic rings. The average Bonchev–Trinajstić information content (AvgIpc) is 2.85. The maximum atomic E-state index is 12.1.